The number of hydrogen-bond acceptors (Lipinski definition) is 3. The zero-order valence-electron chi connectivity index (χ0n) is 11.8. The third-order valence-corrected chi connectivity index (χ3v) is 3.11. The fourth-order valence-corrected chi connectivity index (χ4v) is 2.00. The highest BCUT2D eigenvalue weighted by atomic mass is 19.1. The van der Waals surface area contributed by atoms with Gasteiger partial charge in [-0.1, -0.05) is 12.1 Å². The Morgan fingerprint density at radius 1 is 1.14 bits per heavy atom. The Morgan fingerprint density at radius 2 is 1.82 bits per heavy atom. The molecule has 2 rings (SSSR count). The second kappa shape index (κ2) is 7.31. The number of amides is 1. The highest BCUT2D eigenvalue weighted by molar-refractivity contribution is 5.94. The summed E-state index contributed by atoms with van der Waals surface area (Å²) in [5.41, 5.74) is 0.729. The van der Waals surface area contributed by atoms with Crippen molar-refractivity contribution in [1.29, 1.82) is 0 Å². The summed E-state index contributed by atoms with van der Waals surface area (Å²) >= 11 is 0. The summed E-state index contributed by atoms with van der Waals surface area (Å²) in [5, 5.41) is 8.81. The minimum absolute atomic E-state index is 0.00479. The minimum Gasteiger partial charge on any atom is -0.481 e. The first-order valence-electron chi connectivity index (χ1n) is 6.72. The number of carbonyl (C=O) groups is 2. The van der Waals surface area contributed by atoms with Crippen LogP contribution in [-0.4, -0.2) is 33.4 Å². The highest BCUT2D eigenvalue weighted by Gasteiger charge is 2.20. The predicted octanol–water partition coefficient (Wildman–Crippen LogP) is 2.34. The average molecular weight is 302 g/mol. The number of carboxylic acid groups (broad SMARTS) is 1. The van der Waals surface area contributed by atoms with Gasteiger partial charge >= 0.3 is 5.97 Å². The van der Waals surface area contributed by atoms with Gasteiger partial charge in [0.25, 0.3) is 5.91 Å². The molecule has 0 saturated heterocycles. The van der Waals surface area contributed by atoms with Crippen LogP contribution in [-0.2, 0) is 11.3 Å². The van der Waals surface area contributed by atoms with E-state index in [1.165, 1.54) is 23.1 Å². The van der Waals surface area contributed by atoms with Gasteiger partial charge in [0.05, 0.1) is 12.0 Å². The van der Waals surface area contributed by atoms with Crippen LogP contribution < -0.4 is 0 Å². The third kappa shape index (κ3) is 4.12. The minimum atomic E-state index is -1.01. The SMILES string of the molecule is O=C(O)CCN(Cc1ccncc1)C(=O)c1ccccc1F. The van der Waals surface area contributed by atoms with Crippen LogP contribution in [0.3, 0.4) is 0 Å². The van der Waals surface area contributed by atoms with Gasteiger partial charge in [0, 0.05) is 25.5 Å². The lowest BCUT2D eigenvalue weighted by Gasteiger charge is -2.22. The number of pyridine rings is 1. The summed E-state index contributed by atoms with van der Waals surface area (Å²) in [7, 11) is 0. The molecule has 5 nitrogen and oxygen atoms in total. The number of aromatic nitrogens is 1. The van der Waals surface area contributed by atoms with Crippen molar-refractivity contribution >= 4 is 11.9 Å². The van der Waals surface area contributed by atoms with Crippen LogP contribution in [0.25, 0.3) is 0 Å². The first-order valence-corrected chi connectivity index (χ1v) is 6.72. The average Bonchev–Trinajstić information content (AvgIpc) is 2.52. The first-order chi connectivity index (χ1) is 10.6. The van der Waals surface area contributed by atoms with Crippen LogP contribution >= 0.6 is 0 Å². The summed E-state index contributed by atoms with van der Waals surface area (Å²) in [6.07, 6.45) is 2.96. The molecule has 6 heteroatoms. The molecule has 0 saturated carbocycles. The van der Waals surface area contributed by atoms with E-state index in [0.717, 1.165) is 5.56 Å². The van der Waals surface area contributed by atoms with Crippen molar-refractivity contribution in [3.05, 3.63) is 65.7 Å². The molecular formula is C16H15FN2O3. The Balaban J connectivity index is 2.21. The van der Waals surface area contributed by atoms with Crippen molar-refractivity contribution in [2.75, 3.05) is 6.54 Å². The van der Waals surface area contributed by atoms with E-state index >= 15 is 0 Å². The van der Waals surface area contributed by atoms with Gasteiger partial charge in [0.2, 0.25) is 0 Å². The maximum absolute atomic E-state index is 13.8. The molecule has 1 heterocycles. The zero-order chi connectivity index (χ0) is 15.9. The van der Waals surface area contributed by atoms with Crippen molar-refractivity contribution in [2.24, 2.45) is 0 Å². The van der Waals surface area contributed by atoms with Gasteiger partial charge in [0.15, 0.2) is 0 Å². The van der Waals surface area contributed by atoms with Crippen LogP contribution in [0.4, 0.5) is 4.39 Å². The Bertz CT molecular complexity index is 661. The molecule has 1 aromatic heterocycles. The topological polar surface area (TPSA) is 70.5 Å². The van der Waals surface area contributed by atoms with Crippen LogP contribution in [0.15, 0.2) is 48.8 Å². The number of rotatable bonds is 6. The lowest BCUT2D eigenvalue weighted by molar-refractivity contribution is -0.137. The number of aliphatic carboxylic acids is 1. The predicted molar refractivity (Wildman–Crippen MR) is 77.6 cm³/mol. The van der Waals surface area contributed by atoms with E-state index in [4.69, 9.17) is 5.11 Å². The molecule has 0 aliphatic carbocycles. The van der Waals surface area contributed by atoms with Crippen molar-refractivity contribution in [3.63, 3.8) is 0 Å². The molecule has 0 aliphatic heterocycles. The van der Waals surface area contributed by atoms with Crippen molar-refractivity contribution in [2.45, 2.75) is 13.0 Å². The van der Waals surface area contributed by atoms with E-state index in [9.17, 15) is 14.0 Å². The normalized spacial score (nSPS) is 10.2. The van der Waals surface area contributed by atoms with E-state index < -0.39 is 17.7 Å². The van der Waals surface area contributed by atoms with E-state index in [0.29, 0.717) is 0 Å². The largest absolute Gasteiger partial charge is 0.481 e. The van der Waals surface area contributed by atoms with E-state index in [-0.39, 0.29) is 25.1 Å². The van der Waals surface area contributed by atoms with Gasteiger partial charge in [-0.25, -0.2) is 4.39 Å². The molecular weight excluding hydrogens is 287 g/mol. The molecule has 0 aliphatic rings. The highest BCUT2D eigenvalue weighted by Crippen LogP contribution is 2.13. The molecule has 22 heavy (non-hydrogen) atoms. The van der Waals surface area contributed by atoms with Gasteiger partial charge in [-0.15, -0.1) is 0 Å². The van der Waals surface area contributed by atoms with Gasteiger partial charge in [-0.3, -0.25) is 14.6 Å². The molecule has 0 radical (unpaired) electrons. The number of carboxylic acids is 1. The molecule has 114 valence electrons. The van der Waals surface area contributed by atoms with Crippen molar-refractivity contribution < 1.29 is 19.1 Å². The lowest BCUT2D eigenvalue weighted by atomic mass is 10.1. The second-order valence-corrected chi connectivity index (χ2v) is 4.71. The lowest BCUT2D eigenvalue weighted by Crippen LogP contribution is -2.33. The van der Waals surface area contributed by atoms with Crippen molar-refractivity contribution in [1.82, 2.24) is 9.88 Å². The maximum atomic E-state index is 13.8. The monoisotopic (exact) mass is 302 g/mol. The molecule has 0 atom stereocenters. The summed E-state index contributed by atoms with van der Waals surface area (Å²) < 4.78 is 13.8. The quantitative estimate of drug-likeness (QED) is 0.889. The first kappa shape index (κ1) is 15.6. The number of carbonyl (C=O) groups excluding carboxylic acids is 1. The molecule has 1 N–H and O–H groups in total. The molecule has 1 amide bonds. The Labute approximate surface area is 127 Å². The fourth-order valence-electron chi connectivity index (χ4n) is 2.00. The van der Waals surface area contributed by atoms with Gasteiger partial charge < -0.3 is 10.0 Å². The smallest absolute Gasteiger partial charge is 0.305 e. The van der Waals surface area contributed by atoms with Gasteiger partial charge in [-0.2, -0.15) is 0 Å². The van der Waals surface area contributed by atoms with Crippen LogP contribution in [0.5, 0.6) is 0 Å². The Kier molecular flexibility index (Phi) is 5.19. The summed E-state index contributed by atoms with van der Waals surface area (Å²) in [4.78, 5) is 28.4. The second-order valence-electron chi connectivity index (χ2n) is 4.71. The van der Waals surface area contributed by atoms with Gasteiger partial charge in [0.1, 0.15) is 5.82 Å². The number of nitrogens with zero attached hydrogens (tertiary/aromatic N) is 2. The number of halogens is 1. The van der Waals surface area contributed by atoms with Gasteiger partial charge in [-0.05, 0) is 29.8 Å². The Hall–Kier alpha value is -2.76. The molecule has 0 unspecified atom stereocenters. The standard InChI is InChI=1S/C16H15FN2O3/c17-14-4-2-1-3-13(14)16(22)19(10-7-15(20)21)11-12-5-8-18-9-6-12/h1-6,8-9H,7,10-11H2,(H,20,21). The zero-order valence-corrected chi connectivity index (χ0v) is 11.8. The van der Waals surface area contributed by atoms with E-state index in [1.807, 2.05) is 0 Å². The maximum Gasteiger partial charge on any atom is 0.305 e. The van der Waals surface area contributed by atoms with E-state index in [1.54, 1.807) is 30.6 Å². The summed E-state index contributed by atoms with van der Waals surface area (Å²) in [6, 6.07) is 9.10. The van der Waals surface area contributed by atoms with Crippen molar-refractivity contribution in [3.8, 4) is 0 Å². The summed E-state index contributed by atoms with van der Waals surface area (Å²) in [5.74, 6) is -2.17. The fraction of sp³-hybridized carbons (Fsp3) is 0.188. The number of benzene rings is 1. The third-order valence-electron chi connectivity index (χ3n) is 3.11. The molecule has 0 bridgehead atoms. The molecule has 0 spiro atoms. The van der Waals surface area contributed by atoms with Crippen LogP contribution in [0.1, 0.15) is 22.3 Å². The van der Waals surface area contributed by atoms with Crippen LogP contribution in [0, 0.1) is 5.82 Å². The van der Waals surface area contributed by atoms with E-state index in [2.05, 4.69) is 4.98 Å². The number of hydrogen-bond donors (Lipinski definition) is 1. The van der Waals surface area contributed by atoms with Crippen LogP contribution in [0.2, 0.25) is 0 Å². The molecule has 2 aromatic rings. The molecule has 1 aromatic carbocycles. The Morgan fingerprint density at radius 3 is 2.45 bits per heavy atom. The summed E-state index contributed by atoms with van der Waals surface area (Å²) in [6.45, 7) is 0.202. The molecule has 0 fully saturated rings.